The zero-order chi connectivity index (χ0) is 13.0. The first-order valence-electron chi connectivity index (χ1n) is 7.21. The molecule has 0 bridgehead atoms. The Bertz CT molecular complexity index is 617. The largest absolute Gasteiger partial charge is 0.365 e. The highest BCUT2D eigenvalue weighted by Gasteiger charge is 2.43. The van der Waals surface area contributed by atoms with Gasteiger partial charge < -0.3 is 4.90 Å². The van der Waals surface area contributed by atoms with E-state index in [1.807, 2.05) is 4.52 Å². The standard InChI is InChI=1S/C14H19N5/c1-9(2)11-6-13(14-16-15-8-19(14)17-11)18-7-10-4-3-5-12(10)18/h6,8-10,12H,3-5,7H2,1-2H3/t10-,12-/m0/s1. The lowest BCUT2D eigenvalue weighted by Crippen LogP contribution is -2.53. The number of nitrogens with zero attached hydrogens (tertiary/aromatic N) is 5. The van der Waals surface area contributed by atoms with Crippen LogP contribution in [-0.2, 0) is 0 Å². The molecule has 2 aliphatic rings. The molecule has 5 nitrogen and oxygen atoms in total. The molecule has 2 aromatic rings. The summed E-state index contributed by atoms with van der Waals surface area (Å²) in [5, 5.41) is 12.8. The van der Waals surface area contributed by atoms with E-state index < -0.39 is 0 Å². The SMILES string of the molecule is CC(C)c1cc(N2C[C@@H]3CCC[C@@H]32)c2nncn2n1. The van der Waals surface area contributed by atoms with Gasteiger partial charge in [-0.05, 0) is 30.7 Å². The summed E-state index contributed by atoms with van der Waals surface area (Å²) in [6.45, 7) is 5.53. The maximum atomic E-state index is 4.59. The third-order valence-electron chi connectivity index (χ3n) is 4.62. The summed E-state index contributed by atoms with van der Waals surface area (Å²) in [6, 6.07) is 2.94. The molecule has 0 amide bonds. The molecule has 0 spiro atoms. The summed E-state index contributed by atoms with van der Waals surface area (Å²) in [7, 11) is 0. The molecular weight excluding hydrogens is 238 g/mol. The van der Waals surface area contributed by atoms with Crippen LogP contribution in [-0.4, -0.2) is 32.4 Å². The molecule has 0 aromatic carbocycles. The van der Waals surface area contributed by atoms with Gasteiger partial charge in [-0.15, -0.1) is 10.2 Å². The normalized spacial score (nSPS) is 25.9. The lowest BCUT2D eigenvalue weighted by molar-refractivity contribution is 0.339. The quantitative estimate of drug-likeness (QED) is 0.827. The van der Waals surface area contributed by atoms with Crippen molar-refractivity contribution in [3.05, 3.63) is 18.1 Å². The smallest absolute Gasteiger partial charge is 0.200 e. The van der Waals surface area contributed by atoms with Gasteiger partial charge in [0.05, 0.1) is 11.4 Å². The third-order valence-corrected chi connectivity index (χ3v) is 4.62. The molecule has 0 N–H and O–H groups in total. The highest BCUT2D eigenvalue weighted by atomic mass is 15.4. The van der Waals surface area contributed by atoms with Gasteiger partial charge >= 0.3 is 0 Å². The van der Waals surface area contributed by atoms with Crippen molar-refractivity contribution in [2.45, 2.75) is 45.1 Å². The lowest BCUT2D eigenvalue weighted by Gasteiger charge is -2.46. The molecule has 0 radical (unpaired) electrons. The van der Waals surface area contributed by atoms with Gasteiger partial charge in [-0.25, -0.2) is 0 Å². The van der Waals surface area contributed by atoms with Crippen molar-refractivity contribution in [2.24, 2.45) is 5.92 Å². The van der Waals surface area contributed by atoms with Crippen molar-refractivity contribution in [3.8, 4) is 0 Å². The molecule has 19 heavy (non-hydrogen) atoms. The van der Waals surface area contributed by atoms with E-state index in [1.54, 1.807) is 6.33 Å². The number of fused-ring (bicyclic) bond motifs is 2. The van der Waals surface area contributed by atoms with Gasteiger partial charge in [-0.3, -0.25) is 0 Å². The molecule has 5 heteroatoms. The Balaban J connectivity index is 1.81. The van der Waals surface area contributed by atoms with Gasteiger partial charge in [0.2, 0.25) is 5.65 Å². The van der Waals surface area contributed by atoms with E-state index in [0.29, 0.717) is 5.92 Å². The van der Waals surface area contributed by atoms with Gasteiger partial charge in [0, 0.05) is 12.6 Å². The van der Waals surface area contributed by atoms with Gasteiger partial charge in [-0.1, -0.05) is 20.3 Å². The van der Waals surface area contributed by atoms with Crippen molar-refractivity contribution in [2.75, 3.05) is 11.4 Å². The molecular formula is C14H19N5. The third kappa shape index (κ3) is 1.57. The minimum atomic E-state index is 0.422. The van der Waals surface area contributed by atoms with Crippen LogP contribution in [0.5, 0.6) is 0 Å². The van der Waals surface area contributed by atoms with Crippen LogP contribution < -0.4 is 4.90 Å². The Morgan fingerprint density at radius 1 is 1.32 bits per heavy atom. The molecule has 1 aliphatic heterocycles. The molecule has 1 saturated heterocycles. The van der Waals surface area contributed by atoms with E-state index in [-0.39, 0.29) is 0 Å². The average molecular weight is 257 g/mol. The Morgan fingerprint density at radius 3 is 3.00 bits per heavy atom. The Morgan fingerprint density at radius 2 is 2.21 bits per heavy atom. The first kappa shape index (κ1) is 11.2. The molecule has 1 saturated carbocycles. The second kappa shape index (κ2) is 3.92. The van der Waals surface area contributed by atoms with Gasteiger partial charge in [0.1, 0.15) is 6.33 Å². The van der Waals surface area contributed by atoms with E-state index in [2.05, 4.69) is 40.1 Å². The summed E-state index contributed by atoms with van der Waals surface area (Å²) in [4.78, 5) is 2.51. The fraction of sp³-hybridized carbons (Fsp3) is 0.643. The van der Waals surface area contributed by atoms with E-state index >= 15 is 0 Å². The molecule has 2 atom stereocenters. The van der Waals surface area contributed by atoms with E-state index in [9.17, 15) is 0 Å². The minimum absolute atomic E-state index is 0.422. The molecule has 100 valence electrons. The predicted molar refractivity (Wildman–Crippen MR) is 73.3 cm³/mol. The van der Waals surface area contributed by atoms with Crippen LogP contribution in [0.3, 0.4) is 0 Å². The molecule has 3 heterocycles. The van der Waals surface area contributed by atoms with Gasteiger partial charge in [0.25, 0.3) is 0 Å². The van der Waals surface area contributed by atoms with Crippen molar-refractivity contribution in [1.29, 1.82) is 0 Å². The molecule has 2 fully saturated rings. The summed E-state index contributed by atoms with van der Waals surface area (Å²) >= 11 is 0. The number of anilines is 1. The second-order valence-corrected chi connectivity index (χ2v) is 6.12. The fourth-order valence-corrected chi connectivity index (χ4v) is 3.49. The van der Waals surface area contributed by atoms with Crippen LogP contribution in [0.1, 0.15) is 44.7 Å². The van der Waals surface area contributed by atoms with E-state index in [1.165, 1.54) is 31.5 Å². The van der Waals surface area contributed by atoms with Crippen LogP contribution in [0.25, 0.3) is 5.65 Å². The molecule has 4 rings (SSSR count). The maximum absolute atomic E-state index is 4.59. The fourth-order valence-electron chi connectivity index (χ4n) is 3.49. The highest BCUT2D eigenvalue weighted by Crippen LogP contribution is 2.42. The van der Waals surface area contributed by atoms with Crippen LogP contribution in [0, 0.1) is 5.92 Å². The average Bonchev–Trinajstić information content (AvgIpc) is 2.96. The molecule has 0 unspecified atom stereocenters. The number of rotatable bonds is 2. The van der Waals surface area contributed by atoms with Crippen LogP contribution in [0.15, 0.2) is 12.4 Å². The zero-order valence-electron chi connectivity index (χ0n) is 11.5. The molecule has 2 aromatic heterocycles. The van der Waals surface area contributed by atoms with Crippen molar-refractivity contribution in [1.82, 2.24) is 19.8 Å². The number of aromatic nitrogens is 4. The van der Waals surface area contributed by atoms with E-state index in [4.69, 9.17) is 0 Å². The summed E-state index contributed by atoms with van der Waals surface area (Å²) in [5.41, 5.74) is 3.23. The van der Waals surface area contributed by atoms with Crippen molar-refractivity contribution >= 4 is 11.3 Å². The topological polar surface area (TPSA) is 46.3 Å². The Labute approximate surface area is 112 Å². The number of hydrogen-bond donors (Lipinski definition) is 0. The Kier molecular flexibility index (Phi) is 2.31. The highest BCUT2D eigenvalue weighted by molar-refractivity contribution is 5.70. The van der Waals surface area contributed by atoms with Crippen molar-refractivity contribution in [3.63, 3.8) is 0 Å². The monoisotopic (exact) mass is 257 g/mol. The van der Waals surface area contributed by atoms with Crippen molar-refractivity contribution < 1.29 is 0 Å². The van der Waals surface area contributed by atoms with Gasteiger partial charge in [-0.2, -0.15) is 9.61 Å². The Hall–Kier alpha value is -1.65. The van der Waals surface area contributed by atoms with E-state index in [0.717, 1.165) is 23.3 Å². The lowest BCUT2D eigenvalue weighted by atomic mass is 9.91. The minimum Gasteiger partial charge on any atom is -0.365 e. The summed E-state index contributed by atoms with van der Waals surface area (Å²) in [6.07, 6.45) is 5.80. The molecule has 1 aliphatic carbocycles. The van der Waals surface area contributed by atoms with Crippen LogP contribution in [0.2, 0.25) is 0 Å². The summed E-state index contributed by atoms with van der Waals surface area (Å²) in [5.74, 6) is 1.32. The predicted octanol–water partition coefficient (Wildman–Crippen LogP) is 2.24. The second-order valence-electron chi connectivity index (χ2n) is 6.12. The number of hydrogen-bond acceptors (Lipinski definition) is 4. The first-order chi connectivity index (χ1) is 9.24. The summed E-state index contributed by atoms with van der Waals surface area (Å²) < 4.78 is 1.83. The zero-order valence-corrected chi connectivity index (χ0v) is 11.5. The first-order valence-corrected chi connectivity index (χ1v) is 7.21. The maximum Gasteiger partial charge on any atom is 0.200 e. The van der Waals surface area contributed by atoms with Gasteiger partial charge in [0.15, 0.2) is 0 Å². The van der Waals surface area contributed by atoms with Crippen LogP contribution >= 0.6 is 0 Å². The van der Waals surface area contributed by atoms with Crippen LogP contribution in [0.4, 0.5) is 5.69 Å².